The number of likely N-dealkylation sites (tertiary alicyclic amines) is 1. The van der Waals surface area contributed by atoms with Gasteiger partial charge in [0.25, 0.3) is 0 Å². The van der Waals surface area contributed by atoms with E-state index in [4.69, 9.17) is 5.26 Å². The zero-order valence-corrected chi connectivity index (χ0v) is 10.3. The lowest BCUT2D eigenvalue weighted by molar-refractivity contribution is 0.105. The van der Waals surface area contributed by atoms with Gasteiger partial charge in [0.2, 0.25) is 0 Å². The van der Waals surface area contributed by atoms with Crippen molar-refractivity contribution in [3.8, 4) is 6.07 Å². The standard InChI is InChI=1S/C13H23N3/c1-15-12(10-14)11-16-8-6-13(7-9-16)4-2-3-5-13/h12,15H,2-9,11H2,1H3. The maximum atomic E-state index is 8.92. The summed E-state index contributed by atoms with van der Waals surface area (Å²) in [5.41, 5.74) is 0.693. The van der Waals surface area contributed by atoms with Crippen molar-refractivity contribution in [1.82, 2.24) is 10.2 Å². The van der Waals surface area contributed by atoms with E-state index in [9.17, 15) is 0 Å². The molecule has 2 rings (SSSR count). The highest BCUT2D eigenvalue weighted by atomic mass is 15.2. The fraction of sp³-hybridized carbons (Fsp3) is 0.923. The minimum atomic E-state index is -0.00220. The van der Waals surface area contributed by atoms with Gasteiger partial charge in [-0.15, -0.1) is 0 Å². The van der Waals surface area contributed by atoms with Crippen molar-refractivity contribution in [3.63, 3.8) is 0 Å². The first kappa shape index (κ1) is 11.9. The number of nitrogens with one attached hydrogen (secondary N) is 1. The summed E-state index contributed by atoms with van der Waals surface area (Å²) in [7, 11) is 1.87. The van der Waals surface area contributed by atoms with Crippen LogP contribution in [0.25, 0.3) is 0 Å². The number of nitrogens with zero attached hydrogens (tertiary/aromatic N) is 2. The third-order valence-electron chi connectivity index (χ3n) is 4.53. The van der Waals surface area contributed by atoms with E-state index >= 15 is 0 Å². The molecule has 2 aliphatic rings. The Hall–Kier alpha value is -0.590. The smallest absolute Gasteiger partial charge is 0.108 e. The molecule has 0 radical (unpaired) electrons. The summed E-state index contributed by atoms with van der Waals surface area (Å²) in [4.78, 5) is 2.45. The largest absolute Gasteiger partial charge is 0.304 e. The molecule has 0 aromatic rings. The third kappa shape index (κ3) is 2.56. The van der Waals surface area contributed by atoms with E-state index in [0.29, 0.717) is 5.41 Å². The highest BCUT2D eigenvalue weighted by molar-refractivity contribution is 4.94. The van der Waals surface area contributed by atoms with Crippen LogP contribution >= 0.6 is 0 Å². The van der Waals surface area contributed by atoms with E-state index in [-0.39, 0.29) is 6.04 Å². The van der Waals surface area contributed by atoms with Crippen molar-refractivity contribution in [3.05, 3.63) is 0 Å². The topological polar surface area (TPSA) is 39.1 Å². The summed E-state index contributed by atoms with van der Waals surface area (Å²) in [5, 5.41) is 12.0. The zero-order valence-electron chi connectivity index (χ0n) is 10.3. The Balaban J connectivity index is 1.79. The minimum Gasteiger partial charge on any atom is -0.304 e. The Labute approximate surface area is 98.8 Å². The van der Waals surface area contributed by atoms with Crippen LogP contribution in [0.5, 0.6) is 0 Å². The van der Waals surface area contributed by atoms with Gasteiger partial charge < -0.3 is 10.2 Å². The molecule has 2 fully saturated rings. The van der Waals surface area contributed by atoms with E-state index in [1.54, 1.807) is 0 Å². The Morgan fingerprint density at radius 1 is 1.25 bits per heavy atom. The predicted octanol–water partition coefficient (Wildman–Crippen LogP) is 1.75. The summed E-state index contributed by atoms with van der Waals surface area (Å²) >= 11 is 0. The lowest BCUT2D eigenvalue weighted by atomic mass is 9.77. The summed E-state index contributed by atoms with van der Waals surface area (Å²) in [5.74, 6) is 0. The van der Waals surface area contributed by atoms with Crippen molar-refractivity contribution in [2.75, 3.05) is 26.7 Å². The van der Waals surface area contributed by atoms with Crippen LogP contribution in [-0.4, -0.2) is 37.6 Å². The molecular weight excluding hydrogens is 198 g/mol. The van der Waals surface area contributed by atoms with Gasteiger partial charge in [-0.2, -0.15) is 5.26 Å². The lowest BCUT2D eigenvalue weighted by Crippen LogP contribution is -2.45. The second-order valence-electron chi connectivity index (χ2n) is 5.48. The van der Waals surface area contributed by atoms with Crippen LogP contribution in [0.15, 0.2) is 0 Å². The average Bonchev–Trinajstić information content (AvgIpc) is 2.77. The molecular formula is C13H23N3. The molecule has 1 atom stereocenters. The fourth-order valence-corrected chi connectivity index (χ4v) is 3.29. The third-order valence-corrected chi connectivity index (χ3v) is 4.53. The van der Waals surface area contributed by atoms with Gasteiger partial charge in [-0.05, 0) is 51.2 Å². The fourth-order valence-electron chi connectivity index (χ4n) is 3.29. The molecule has 1 N–H and O–H groups in total. The van der Waals surface area contributed by atoms with Gasteiger partial charge in [-0.25, -0.2) is 0 Å². The number of piperidine rings is 1. The minimum absolute atomic E-state index is 0.00220. The first-order valence-electron chi connectivity index (χ1n) is 6.57. The molecule has 90 valence electrons. The maximum absolute atomic E-state index is 8.92. The van der Waals surface area contributed by atoms with Crippen molar-refractivity contribution >= 4 is 0 Å². The van der Waals surface area contributed by atoms with Crippen molar-refractivity contribution in [2.45, 2.75) is 44.6 Å². The normalized spacial score (nSPS) is 26.8. The van der Waals surface area contributed by atoms with Crippen molar-refractivity contribution in [1.29, 1.82) is 5.26 Å². The number of hydrogen-bond donors (Lipinski definition) is 1. The summed E-state index contributed by atoms with van der Waals surface area (Å²) in [6.45, 7) is 3.28. The van der Waals surface area contributed by atoms with Crippen molar-refractivity contribution in [2.24, 2.45) is 5.41 Å². The number of likely N-dealkylation sites (N-methyl/N-ethyl adjacent to an activating group) is 1. The van der Waals surface area contributed by atoms with Gasteiger partial charge in [0.05, 0.1) is 6.07 Å². The van der Waals surface area contributed by atoms with E-state index in [2.05, 4.69) is 16.3 Å². The molecule has 1 saturated heterocycles. The Morgan fingerprint density at radius 3 is 2.38 bits per heavy atom. The van der Waals surface area contributed by atoms with Gasteiger partial charge in [0.15, 0.2) is 0 Å². The maximum Gasteiger partial charge on any atom is 0.108 e. The molecule has 3 nitrogen and oxygen atoms in total. The van der Waals surface area contributed by atoms with E-state index < -0.39 is 0 Å². The molecule has 0 aromatic heterocycles. The van der Waals surface area contributed by atoms with Gasteiger partial charge in [0, 0.05) is 6.54 Å². The monoisotopic (exact) mass is 221 g/mol. The molecule has 16 heavy (non-hydrogen) atoms. The first-order chi connectivity index (χ1) is 7.78. The molecule has 1 heterocycles. The molecule has 1 aliphatic carbocycles. The summed E-state index contributed by atoms with van der Waals surface area (Å²) in [6.07, 6.45) is 8.50. The molecule has 0 bridgehead atoms. The number of hydrogen-bond acceptors (Lipinski definition) is 3. The van der Waals surface area contributed by atoms with Crippen LogP contribution in [-0.2, 0) is 0 Å². The van der Waals surface area contributed by atoms with Crippen LogP contribution in [0.4, 0.5) is 0 Å². The van der Waals surface area contributed by atoms with Gasteiger partial charge in [0.1, 0.15) is 6.04 Å². The molecule has 0 aromatic carbocycles. The Bertz CT molecular complexity index is 253. The quantitative estimate of drug-likeness (QED) is 0.789. The predicted molar refractivity (Wildman–Crippen MR) is 65.0 cm³/mol. The van der Waals surface area contributed by atoms with E-state index in [1.807, 2.05) is 7.05 Å². The van der Waals surface area contributed by atoms with E-state index in [0.717, 1.165) is 6.54 Å². The Morgan fingerprint density at radius 2 is 1.88 bits per heavy atom. The highest BCUT2D eigenvalue weighted by Crippen LogP contribution is 2.45. The molecule has 3 heteroatoms. The molecule has 1 unspecified atom stereocenters. The zero-order chi connectivity index (χ0) is 11.4. The highest BCUT2D eigenvalue weighted by Gasteiger charge is 2.36. The number of nitriles is 1. The van der Waals surface area contributed by atoms with Crippen LogP contribution < -0.4 is 5.32 Å². The van der Waals surface area contributed by atoms with Crippen molar-refractivity contribution < 1.29 is 0 Å². The lowest BCUT2D eigenvalue weighted by Gasteiger charge is -2.39. The van der Waals surface area contributed by atoms with Crippen LogP contribution in [0.1, 0.15) is 38.5 Å². The average molecular weight is 221 g/mol. The van der Waals surface area contributed by atoms with E-state index in [1.165, 1.54) is 51.6 Å². The second-order valence-corrected chi connectivity index (χ2v) is 5.48. The SMILES string of the molecule is CNC(C#N)CN1CCC2(CCCC2)CC1. The molecule has 1 aliphatic heterocycles. The second kappa shape index (κ2) is 5.16. The first-order valence-corrected chi connectivity index (χ1v) is 6.57. The number of rotatable bonds is 3. The van der Waals surface area contributed by atoms with Crippen LogP contribution in [0.2, 0.25) is 0 Å². The van der Waals surface area contributed by atoms with Gasteiger partial charge in [-0.1, -0.05) is 12.8 Å². The van der Waals surface area contributed by atoms with Crippen LogP contribution in [0, 0.1) is 16.7 Å². The molecule has 1 spiro atoms. The molecule has 0 amide bonds. The van der Waals surface area contributed by atoms with Gasteiger partial charge >= 0.3 is 0 Å². The molecule has 1 saturated carbocycles. The summed E-state index contributed by atoms with van der Waals surface area (Å²) < 4.78 is 0. The summed E-state index contributed by atoms with van der Waals surface area (Å²) in [6, 6.07) is 2.31. The van der Waals surface area contributed by atoms with Gasteiger partial charge in [-0.3, -0.25) is 0 Å². The Kier molecular flexibility index (Phi) is 3.83. The van der Waals surface area contributed by atoms with Crippen LogP contribution in [0.3, 0.4) is 0 Å².